The van der Waals surface area contributed by atoms with Crippen LogP contribution in [0.2, 0.25) is 0 Å². The summed E-state index contributed by atoms with van der Waals surface area (Å²) in [5.74, 6) is 0. The van der Waals surface area contributed by atoms with Crippen molar-refractivity contribution >= 4 is 11.4 Å². The van der Waals surface area contributed by atoms with Crippen molar-refractivity contribution in [2.24, 2.45) is 5.73 Å². The Labute approximate surface area is 94.9 Å². The van der Waals surface area contributed by atoms with Crippen LogP contribution in [-0.4, -0.2) is 0 Å². The van der Waals surface area contributed by atoms with Gasteiger partial charge in [0.2, 0.25) is 0 Å². The van der Waals surface area contributed by atoms with Gasteiger partial charge < -0.3 is 17.2 Å². The van der Waals surface area contributed by atoms with E-state index in [0.29, 0.717) is 6.54 Å². The topological polar surface area (TPSA) is 78.1 Å². The molecule has 16 heavy (non-hydrogen) atoms. The summed E-state index contributed by atoms with van der Waals surface area (Å²) in [5.41, 5.74) is 21.9. The number of anilines is 2. The summed E-state index contributed by atoms with van der Waals surface area (Å²) in [6, 6.07) is 13.5. The van der Waals surface area contributed by atoms with E-state index in [0.717, 1.165) is 28.1 Å². The van der Waals surface area contributed by atoms with Crippen molar-refractivity contribution in [1.29, 1.82) is 0 Å². The molecule has 3 heteroatoms. The van der Waals surface area contributed by atoms with Crippen molar-refractivity contribution in [2.75, 3.05) is 11.5 Å². The average Bonchev–Trinajstić information content (AvgIpc) is 2.29. The van der Waals surface area contributed by atoms with E-state index in [2.05, 4.69) is 0 Å². The molecule has 0 heterocycles. The normalized spacial score (nSPS) is 10.3. The monoisotopic (exact) mass is 213 g/mol. The summed E-state index contributed by atoms with van der Waals surface area (Å²) < 4.78 is 0. The highest BCUT2D eigenvalue weighted by Crippen LogP contribution is 2.27. The van der Waals surface area contributed by atoms with Gasteiger partial charge in [-0.15, -0.1) is 0 Å². The van der Waals surface area contributed by atoms with E-state index in [4.69, 9.17) is 17.2 Å². The molecule has 0 unspecified atom stereocenters. The maximum atomic E-state index is 5.79. The molecule has 0 radical (unpaired) electrons. The lowest BCUT2D eigenvalue weighted by molar-refractivity contribution is 1.07. The van der Waals surface area contributed by atoms with Crippen molar-refractivity contribution in [1.82, 2.24) is 0 Å². The second-order valence-corrected chi connectivity index (χ2v) is 3.75. The van der Waals surface area contributed by atoms with Gasteiger partial charge in [-0.1, -0.05) is 18.2 Å². The van der Waals surface area contributed by atoms with Crippen LogP contribution in [0.4, 0.5) is 11.4 Å². The number of nitrogens with two attached hydrogens (primary N) is 3. The molecule has 0 fully saturated rings. The molecule has 0 atom stereocenters. The maximum absolute atomic E-state index is 5.79. The largest absolute Gasteiger partial charge is 0.399 e. The summed E-state index contributed by atoms with van der Waals surface area (Å²) in [4.78, 5) is 0. The fraction of sp³-hybridized carbons (Fsp3) is 0.0769. The number of nitrogen functional groups attached to an aromatic ring is 2. The highest BCUT2D eigenvalue weighted by atomic mass is 14.6. The smallest absolute Gasteiger partial charge is 0.0320 e. The predicted octanol–water partition coefficient (Wildman–Crippen LogP) is 1.98. The first kappa shape index (κ1) is 10.5. The van der Waals surface area contributed by atoms with Crippen LogP contribution in [0.25, 0.3) is 11.1 Å². The van der Waals surface area contributed by atoms with Gasteiger partial charge >= 0.3 is 0 Å². The fourth-order valence-corrected chi connectivity index (χ4v) is 1.75. The van der Waals surface area contributed by atoms with E-state index in [1.54, 1.807) is 0 Å². The van der Waals surface area contributed by atoms with Crippen LogP contribution in [0, 0.1) is 0 Å². The van der Waals surface area contributed by atoms with E-state index in [1.807, 2.05) is 42.5 Å². The summed E-state index contributed by atoms with van der Waals surface area (Å²) in [7, 11) is 0. The molecular formula is C13H15N3. The highest BCUT2D eigenvalue weighted by Gasteiger charge is 2.04. The third kappa shape index (κ3) is 1.99. The molecule has 2 rings (SSSR count). The predicted molar refractivity (Wildman–Crippen MR) is 68.6 cm³/mol. The molecule has 0 amide bonds. The quantitative estimate of drug-likeness (QED) is 0.667. The third-order valence-corrected chi connectivity index (χ3v) is 2.55. The van der Waals surface area contributed by atoms with Crippen LogP contribution in [0.5, 0.6) is 0 Å². The molecule has 0 spiro atoms. The molecule has 0 saturated carbocycles. The van der Waals surface area contributed by atoms with Crippen molar-refractivity contribution < 1.29 is 0 Å². The maximum Gasteiger partial charge on any atom is 0.0320 e. The van der Waals surface area contributed by atoms with Crippen LogP contribution in [-0.2, 0) is 6.54 Å². The van der Waals surface area contributed by atoms with Gasteiger partial charge in [-0.3, -0.25) is 0 Å². The summed E-state index contributed by atoms with van der Waals surface area (Å²) >= 11 is 0. The number of benzene rings is 2. The van der Waals surface area contributed by atoms with E-state index in [9.17, 15) is 0 Å². The van der Waals surface area contributed by atoms with Gasteiger partial charge in [0.25, 0.3) is 0 Å². The standard InChI is InChI=1S/C13H15N3/c14-8-10-4-5-12(16)7-13(10)9-2-1-3-11(15)6-9/h1-7H,8,14-16H2. The van der Waals surface area contributed by atoms with Gasteiger partial charge in [-0.05, 0) is 41.0 Å². The van der Waals surface area contributed by atoms with Crippen molar-refractivity contribution in [3.05, 3.63) is 48.0 Å². The molecular weight excluding hydrogens is 198 g/mol. The first-order valence-corrected chi connectivity index (χ1v) is 5.15. The fourth-order valence-electron chi connectivity index (χ4n) is 1.75. The molecule has 0 bridgehead atoms. The van der Waals surface area contributed by atoms with Crippen LogP contribution in [0.3, 0.4) is 0 Å². The Balaban J connectivity index is 2.58. The Morgan fingerprint density at radius 3 is 2.31 bits per heavy atom. The summed E-state index contributed by atoms with van der Waals surface area (Å²) in [6.07, 6.45) is 0. The number of hydrogen-bond acceptors (Lipinski definition) is 3. The number of hydrogen-bond donors (Lipinski definition) is 3. The second-order valence-electron chi connectivity index (χ2n) is 3.75. The lowest BCUT2D eigenvalue weighted by Gasteiger charge is -2.09. The Bertz CT molecular complexity index is 506. The van der Waals surface area contributed by atoms with Gasteiger partial charge in [-0.2, -0.15) is 0 Å². The minimum atomic E-state index is 0.490. The molecule has 3 nitrogen and oxygen atoms in total. The molecule has 0 aliphatic heterocycles. The molecule has 0 aliphatic carbocycles. The third-order valence-electron chi connectivity index (χ3n) is 2.55. The zero-order valence-corrected chi connectivity index (χ0v) is 8.98. The lowest BCUT2D eigenvalue weighted by Crippen LogP contribution is -2.00. The molecule has 2 aromatic carbocycles. The lowest BCUT2D eigenvalue weighted by atomic mass is 9.98. The Morgan fingerprint density at radius 1 is 0.875 bits per heavy atom. The van der Waals surface area contributed by atoms with E-state index in [-0.39, 0.29) is 0 Å². The minimum absolute atomic E-state index is 0.490. The molecule has 82 valence electrons. The van der Waals surface area contributed by atoms with Crippen LogP contribution in [0.15, 0.2) is 42.5 Å². The zero-order valence-electron chi connectivity index (χ0n) is 8.98. The highest BCUT2D eigenvalue weighted by molar-refractivity contribution is 5.73. The van der Waals surface area contributed by atoms with Crippen LogP contribution >= 0.6 is 0 Å². The van der Waals surface area contributed by atoms with Crippen LogP contribution < -0.4 is 17.2 Å². The second kappa shape index (κ2) is 4.24. The Morgan fingerprint density at radius 2 is 1.62 bits per heavy atom. The minimum Gasteiger partial charge on any atom is -0.399 e. The Kier molecular flexibility index (Phi) is 2.79. The van der Waals surface area contributed by atoms with Crippen LogP contribution in [0.1, 0.15) is 5.56 Å². The van der Waals surface area contributed by atoms with Gasteiger partial charge in [-0.25, -0.2) is 0 Å². The van der Waals surface area contributed by atoms with Gasteiger partial charge in [0.05, 0.1) is 0 Å². The first-order valence-electron chi connectivity index (χ1n) is 5.15. The molecule has 6 N–H and O–H groups in total. The summed E-state index contributed by atoms with van der Waals surface area (Å²) in [5, 5.41) is 0. The number of rotatable bonds is 2. The van der Waals surface area contributed by atoms with Gasteiger partial charge in [0.15, 0.2) is 0 Å². The van der Waals surface area contributed by atoms with Crippen molar-refractivity contribution in [3.63, 3.8) is 0 Å². The molecule has 0 saturated heterocycles. The average molecular weight is 213 g/mol. The van der Waals surface area contributed by atoms with Crippen molar-refractivity contribution in [3.8, 4) is 11.1 Å². The van der Waals surface area contributed by atoms with Crippen molar-refractivity contribution in [2.45, 2.75) is 6.54 Å². The molecule has 0 aliphatic rings. The molecule has 2 aromatic rings. The van der Waals surface area contributed by atoms with E-state index >= 15 is 0 Å². The summed E-state index contributed by atoms with van der Waals surface area (Å²) in [6.45, 7) is 0.490. The van der Waals surface area contributed by atoms with E-state index < -0.39 is 0 Å². The first-order chi connectivity index (χ1) is 7.70. The van der Waals surface area contributed by atoms with Gasteiger partial charge in [0.1, 0.15) is 0 Å². The van der Waals surface area contributed by atoms with E-state index in [1.165, 1.54) is 0 Å². The molecule has 0 aromatic heterocycles. The van der Waals surface area contributed by atoms with Gasteiger partial charge in [0, 0.05) is 17.9 Å². The Hall–Kier alpha value is -2.00. The zero-order chi connectivity index (χ0) is 11.5. The SMILES string of the molecule is NCc1ccc(N)cc1-c1cccc(N)c1.